The van der Waals surface area contributed by atoms with Crippen molar-refractivity contribution in [2.24, 2.45) is 0 Å². The first-order valence-electron chi connectivity index (χ1n) is 5.16. The summed E-state index contributed by atoms with van der Waals surface area (Å²) in [6.07, 6.45) is 2.44. The van der Waals surface area contributed by atoms with Crippen molar-refractivity contribution in [1.29, 1.82) is 0 Å². The number of hydrogen-bond acceptors (Lipinski definition) is 3. The molecular formula is C12H15NO2. The van der Waals surface area contributed by atoms with Crippen LogP contribution < -0.4 is 5.73 Å². The van der Waals surface area contributed by atoms with E-state index in [1.807, 2.05) is 12.1 Å². The predicted molar refractivity (Wildman–Crippen MR) is 58.5 cm³/mol. The first-order chi connectivity index (χ1) is 7.22. The fourth-order valence-electron chi connectivity index (χ4n) is 2.27. The number of methoxy groups -OCH3 is 1. The zero-order valence-corrected chi connectivity index (χ0v) is 8.82. The number of nitrogens with two attached hydrogens (primary N) is 1. The number of ether oxygens (including phenoxy) is 1. The van der Waals surface area contributed by atoms with Crippen LogP contribution in [-0.2, 0) is 16.0 Å². The molecule has 0 saturated heterocycles. The molecule has 15 heavy (non-hydrogen) atoms. The van der Waals surface area contributed by atoms with Gasteiger partial charge in [0.05, 0.1) is 13.5 Å². The van der Waals surface area contributed by atoms with E-state index in [9.17, 15) is 4.79 Å². The zero-order chi connectivity index (χ0) is 10.8. The lowest BCUT2D eigenvalue weighted by Crippen LogP contribution is -2.06. The molecule has 0 fully saturated rings. The van der Waals surface area contributed by atoms with Crippen LogP contribution >= 0.6 is 0 Å². The number of carbonyl (C=O) groups is 1. The number of nitrogen functional groups attached to an aromatic ring is 1. The first-order valence-corrected chi connectivity index (χ1v) is 5.16. The number of fused-ring (bicyclic) bond motifs is 1. The predicted octanol–water partition coefficient (Wildman–Crippen LogP) is 1.86. The fourth-order valence-corrected chi connectivity index (χ4v) is 2.27. The minimum atomic E-state index is -0.143. The lowest BCUT2D eigenvalue weighted by Gasteiger charge is -2.10. The molecule has 0 saturated carbocycles. The summed E-state index contributed by atoms with van der Waals surface area (Å²) in [4.78, 5) is 11.2. The highest BCUT2D eigenvalue weighted by Gasteiger charge is 2.25. The molecule has 0 amide bonds. The van der Waals surface area contributed by atoms with Crippen LogP contribution in [0.15, 0.2) is 18.2 Å². The molecule has 1 aliphatic rings. The lowest BCUT2D eigenvalue weighted by molar-refractivity contribution is -0.141. The quantitative estimate of drug-likeness (QED) is 0.592. The second-order valence-electron chi connectivity index (χ2n) is 3.93. The van der Waals surface area contributed by atoms with E-state index >= 15 is 0 Å². The van der Waals surface area contributed by atoms with Crippen LogP contribution in [0.2, 0.25) is 0 Å². The highest BCUT2D eigenvalue weighted by molar-refractivity contribution is 5.71. The number of benzene rings is 1. The molecule has 3 heteroatoms. The smallest absolute Gasteiger partial charge is 0.306 e. The van der Waals surface area contributed by atoms with Gasteiger partial charge in [-0.1, -0.05) is 12.1 Å². The highest BCUT2D eigenvalue weighted by Crippen LogP contribution is 2.38. The Labute approximate surface area is 89.2 Å². The van der Waals surface area contributed by atoms with E-state index in [0.717, 1.165) is 18.5 Å². The summed E-state index contributed by atoms with van der Waals surface area (Å²) in [6.45, 7) is 0. The second-order valence-corrected chi connectivity index (χ2v) is 3.93. The molecule has 0 bridgehead atoms. The molecule has 1 aliphatic carbocycles. The van der Waals surface area contributed by atoms with Gasteiger partial charge in [0.1, 0.15) is 0 Å². The Kier molecular flexibility index (Phi) is 2.62. The molecule has 1 aromatic rings. The van der Waals surface area contributed by atoms with Gasteiger partial charge in [-0.25, -0.2) is 0 Å². The van der Waals surface area contributed by atoms with Crippen molar-refractivity contribution in [3.63, 3.8) is 0 Å². The second kappa shape index (κ2) is 3.93. The topological polar surface area (TPSA) is 52.3 Å². The number of rotatable bonds is 2. The van der Waals surface area contributed by atoms with E-state index < -0.39 is 0 Å². The van der Waals surface area contributed by atoms with Crippen molar-refractivity contribution in [1.82, 2.24) is 0 Å². The molecule has 0 radical (unpaired) electrons. The molecular weight excluding hydrogens is 190 g/mol. The summed E-state index contributed by atoms with van der Waals surface area (Å²) in [7, 11) is 1.43. The van der Waals surface area contributed by atoms with E-state index in [1.54, 1.807) is 0 Å². The normalized spacial score (nSPS) is 18.6. The van der Waals surface area contributed by atoms with Crippen molar-refractivity contribution in [2.75, 3.05) is 12.8 Å². The minimum absolute atomic E-state index is 0.143. The van der Waals surface area contributed by atoms with Gasteiger partial charge in [-0.3, -0.25) is 4.79 Å². The molecule has 0 aliphatic heterocycles. The number of esters is 1. The number of anilines is 1. The van der Waals surface area contributed by atoms with Gasteiger partial charge in [0.15, 0.2) is 0 Å². The SMILES string of the molecule is COC(=O)CC1CCc2c(N)cccc21. The van der Waals surface area contributed by atoms with Crippen molar-refractivity contribution in [2.45, 2.75) is 25.2 Å². The maximum Gasteiger partial charge on any atom is 0.306 e. The Balaban J connectivity index is 2.21. The van der Waals surface area contributed by atoms with Crippen molar-refractivity contribution in [3.8, 4) is 0 Å². The molecule has 0 spiro atoms. The van der Waals surface area contributed by atoms with Crippen LogP contribution in [0, 0.1) is 0 Å². The van der Waals surface area contributed by atoms with Gasteiger partial charge in [-0.05, 0) is 36.0 Å². The van der Waals surface area contributed by atoms with E-state index in [2.05, 4.69) is 10.8 Å². The Bertz CT molecular complexity index is 387. The maximum atomic E-state index is 11.2. The van der Waals surface area contributed by atoms with Gasteiger partial charge >= 0.3 is 5.97 Å². The van der Waals surface area contributed by atoms with Gasteiger partial charge in [0.2, 0.25) is 0 Å². The fraction of sp³-hybridized carbons (Fsp3) is 0.417. The molecule has 0 aromatic heterocycles. The molecule has 80 valence electrons. The van der Waals surface area contributed by atoms with Crippen LogP contribution in [0.1, 0.15) is 29.9 Å². The van der Waals surface area contributed by atoms with Gasteiger partial charge in [-0.2, -0.15) is 0 Å². The van der Waals surface area contributed by atoms with Crippen LogP contribution in [-0.4, -0.2) is 13.1 Å². The van der Waals surface area contributed by atoms with Crippen molar-refractivity contribution < 1.29 is 9.53 Å². The number of carbonyl (C=O) groups excluding carboxylic acids is 1. The lowest BCUT2D eigenvalue weighted by atomic mass is 9.97. The standard InChI is InChI=1S/C12H15NO2/c1-15-12(14)7-8-5-6-10-9(8)3-2-4-11(10)13/h2-4,8H,5-7,13H2,1H3. The molecule has 1 aromatic carbocycles. The zero-order valence-electron chi connectivity index (χ0n) is 8.82. The number of hydrogen-bond donors (Lipinski definition) is 1. The van der Waals surface area contributed by atoms with Crippen LogP contribution in [0.25, 0.3) is 0 Å². The minimum Gasteiger partial charge on any atom is -0.469 e. The summed E-state index contributed by atoms with van der Waals surface area (Å²) in [5.41, 5.74) is 9.17. The molecule has 3 nitrogen and oxygen atoms in total. The monoisotopic (exact) mass is 205 g/mol. The van der Waals surface area contributed by atoms with E-state index in [-0.39, 0.29) is 11.9 Å². The Morgan fingerprint density at radius 3 is 3.13 bits per heavy atom. The van der Waals surface area contributed by atoms with Crippen molar-refractivity contribution >= 4 is 11.7 Å². The highest BCUT2D eigenvalue weighted by atomic mass is 16.5. The third-order valence-corrected chi connectivity index (χ3v) is 3.07. The molecule has 2 N–H and O–H groups in total. The summed E-state index contributed by atoms with van der Waals surface area (Å²) >= 11 is 0. The summed E-state index contributed by atoms with van der Waals surface area (Å²) < 4.78 is 4.69. The van der Waals surface area contributed by atoms with Crippen molar-refractivity contribution in [3.05, 3.63) is 29.3 Å². The van der Waals surface area contributed by atoms with Gasteiger partial charge in [0, 0.05) is 5.69 Å². The third kappa shape index (κ3) is 1.82. The van der Waals surface area contributed by atoms with Crippen LogP contribution in [0.4, 0.5) is 5.69 Å². The Hall–Kier alpha value is -1.51. The van der Waals surface area contributed by atoms with E-state index in [4.69, 9.17) is 5.73 Å². The Morgan fingerprint density at radius 1 is 1.60 bits per heavy atom. The van der Waals surface area contributed by atoms with Crippen LogP contribution in [0.3, 0.4) is 0 Å². The molecule has 1 atom stereocenters. The Morgan fingerprint density at radius 2 is 2.40 bits per heavy atom. The average molecular weight is 205 g/mol. The summed E-state index contributed by atoms with van der Waals surface area (Å²) in [5.74, 6) is 0.145. The third-order valence-electron chi connectivity index (χ3n) is 3.07. The summed E-state index contributed by atoms with van der Waals surface area (Å²) in [6, 6.07) is 5.93. The average Bonchev–Trinajstić information content (AvgIpc) is 2.63. The molecule has 2 rings (SSSR count). The summed E-state index contributed by atoms with van der Waals surface area (Å²) in [5, 5.41) is 0. The van der Waals surface area contributed by atoms with Gasteiger partial charge in [0.25, 0.3) is 0 Å². The van der Waals surface area contributed by atoms with E-state index in [1.165, 1.54) is 18.2 Å². The molecule has 1 unspecified atom stereocenters. The first kappa shape index (κ1) is 10.0. The van der Waals surface area contributed by atoms with E-state index in [0.29, 0.717) is 6.42 Å². The maximum absolute atomic E-state index is 11.2. The van der Waals surface area contributed by atoms with Gasteiger partial charge < -0.3 is 10.5 Å². The van der Waals surface area contributed by atoms with Gasteiger partial charge in [-0.15, -0.1) is 0 Å². The largest absolute Gasteiger partial charge is 0.469 e. The molecule has 0 heterocycles. The van der Waals surface area contributed by atoms with Crippen LogP contribution in [0.5, 0.6) is 0 Å².